The molecule has 0 aliphatic heterocycles. The van der Waals surface area contributed by atoms with E-state index < -0.39 is 0 Å². The molecule has 0 fully saturated rings. The molecular formula is C18H25NS. The van der Waals surface area contributed by atoms with Crippen LogP contribution >= 0.6 is 11.3 Å². The fourth-order valence-electron chi connectivity index (χ4n) is 2.96. The van der Waals surface area contributed by atoms with Crippen LogP contribution in [-0.4, -0.2) is 7.05 Å². The Balaban J connectivity index is 2.42. The average molecular weight is 287 g/mol. The van der Waals surface area contributed by atoms with Crippen LogP contribution in [0.2, 0.25) is 0 Å². The van der Waals surface area contributed by atoms with Crippen molar-refractivity contribution in [3.05, 3.63) is 57.8 Å². The molecule has 1 aromatic heterocycles. The molecule has 0 aliphatic carbocycles. The second-order valence-corrected chi connectivity index (χ2v) is 6.50. The van der Waals surface area contributed by atoms with Gasteiger partial charge in [0.25, 0.3) is 0 Å². The Bertz CT molecular complexity index is 517. The molecule has 0 saturated heterocycles. The molecule has 0 radical (unpaired) electrons. The van der Waals surface area contributed by atoms with Crippen LogP contribution in [0.15, 0.2) is 41.8 Å². The van der Waals surface area contributed by atoms with E-state index in [0.717, 1.165) is 0 Å². The van der Waals surface area contributed by atoms with Crippen molar-refractivity contribution in [1.29, 1.82) is 0 Å². The van der Waals surface area contributed by atoms with E-state index in [4.69, 9.17) is 0 Å². The Labute approximate surface area is 127 Å². The van der Waals surface area contributed by atoms with Gasteiger partial charge in [-0.1, -0.05) is 50.6 Å². The topological polar surface area (TPSA) is 12.0 Å². The van der Waals surface area contributed by atoms with E-state index in [2.05, 4.69) is 74.9 Å². The highest BCUT2D eigenvalue weighted by Gasteiger charge is 2.29. The van der Waals surface area contributed by atoms with Gasteiger partial charge in [0.05, 0.1) is 0 Å². The summed E-state index contributed by atoms with van der Waals surface area (Å²) in [5.74, 6) is 1.17. The molecule has 108 valence electrons. The molecule has 1 nitrogen and oxygen atoms in total. The molecule has 0 aliphatic rings. The van der Waals surface area contributed by atoms with Crippen molar-refractivity contribution in [1.82, 2.24) is 5.32 Å². The average Bonchev–Trinajstić information content (AvgIpc) is 2.90. The highest BCUT2D eigenvalue weighted by molar-refractivity contribution is 7.10. The largest absolute Gasteiger partial charge is 0.312 e. The van der Waals surface area contributed by atoms with Crippen molar-refractivity contribution in [2.24, 2.45) is 5.92 Å². The zero-order chi connectivity index (χ0) is 14.5. The lowest BCUT2D eigenvalue weighted by atomic mass is 9.79. The number of hydrogen-bond donors (Lipinski definition) is 1. The molecule has 3 atom stereocenters. The maximum Gasteiger partial charge on any atom is 0.0487 e. The first-order valence-electron chi connectivity index (χ1n) is 7.45. The van der Waals surface area contributed by atoms with Gasteiger partial charge < -0.3 is 5.32 Å². The molecule has 0 saturated carbocycles. The van der Waals surface area contributed by atoms with Gasteiger partial charge in [-0.3, -0.25) is 0 Å². The summed E-state index contributed by atoms with van der Waals surface area (Å²) in [6.07, 6.45) is 1.20. The van der Waals surface area contributed by atoms with Gasteiger partial charge in [0, 0.05) is 16.8 Å². The quantitative estimate of drug-likeness (QED) is 0.775. The number of thiophene rings is 1. The lowest BCUT2D eigenvalue weighted by molar-refractivity contribution is 0.357. The molecule has 20 heavy (non-hydrogen) atoms. The predicted molar refractivity (Wildman–Crippen MR) is 89.5 cm³/mol. The lowest BCUT2D eigenvalue weighted by Crippen LogP contribution is -2.27. The van der Waals surface area contributed by atoms with Gasteiger partial charge in [0.15, 0.2) is 0 Å². The zero-order valence-corrected chi connectivity index (χ0v) is 13.7. The number of rotatable bonds is 6. The minimum absolute atomic E-state index is 0.396. The number of benzene rings is 1. The summed E-state index contributed by atoms with van der Waals surface area (Å²) in [4.78, 5) is 1.47. The van der Waals surface area contributed by atoms with Gasteiger partial charge in [-0.05, 0) is 42.5 Å². The Kier molecular flexibility index (Phi) is 5.38. The van der Waals surface area contributed by atoms with Crippen molar-refractivity contribution in [3.8, 4) is 0 Å². The summed E-state index contributed by atoms with van der Waals surface area (Å²) in [6, 6.07) is 13.6. The Hall–Kier alpha value is -1.12. The molecule has 1 aromatic carbocycles. The Morgan fingerprint density at radius 3 is 2.35 bits per heavy atom. The number of aryl methyl sites for hydroxylation is 1. The number of nitrogens with one attached hydrogen (secondary N) is 1. The lowest BCUT2D eigenvalue weighted by Gasteiger charge is -2.32. The zero-order valence-electron chi connectivity index (χ0n) is 12.9. The first-order valence-corrected chi connectivity index (χ1v) is 8.33. The van der Waals surface area contributed by atoms with Crippen LogP contribution in [0, 0.1) is 12.8 Å². The van der Waals surface area contributed by atoms with Crippen molar-refractivity contribution in [3.63, 3.8) is 0 Å². The minimum Gasteiger partial charge on any atom is -0.312 e. The molecule has 1 N–H and O–H groups in total. The Morgan fingerprint density at radius 1 is 1.15 bits per heavy atom. The second-order valence-electron chi connectivity index (χ2n) is 5.56. The van der Waals surface area contributed by atoms with E-state index in [9.17, 15) is 0 Å². The third kappa shape index (κ3) is 3.13. The van der Waals surface area contributed by atoms with Gasteiger partial charge >= 0.3 is 0 Å². The summed E-state index contributed by atoms with van der Waals surface area (Å²) in [5, 5.41) is 5.77. The molecule has 2 aromatic rings. The summed E-state index contributed by atoms with van der Waals surface area (Å²) >= 11 is 1.87. The number of hydrogen-bond acceptors (Lipinski definition) is 2. The van der Waals surface area contributed by atoms with Crippen LogP contribution in [0.4, 0.5) is 0 Å². The smallest absolute Gasteiger partial charge is 0.0487 e. The number of likely N-dealkylation sites (N-methyl/N-ethyl adjacent to an activating group) is 1. The molecule has 2 heteroatoms. The van der Waals surface area contributed by atoms with Gasteiger partial charge in [-0.2, -0.15) is 0 Å². The minimum atomic E-state index is 0.396. The standard InChI is InChI=1S/C18H25NS/c1-5-13(2)16(15-9-7-6-8-10-15)17(19-4)18-14(3)11-12-20-18/h6-13,16-17,19H,5H2,1-4H3. The third-order valence-electron chi connectivity index (χ3n) is 4.30. The van der Waals surface area contributed by atoms with E-state index in [1.54, 1.807) is 0 Å². The van der Waals surface area contributed by atoms with Crippen LogP contribution in [0.5, 0.6) is 0 Å². The first-order chi connectivity index (χ1) is 9.69. The van der Waals surface area contributed by atoms with Crippen LogP contribution in [-0.2, 0) is 0 Å². The molecule has 0 spiro atoms. The normalized spacial score (nSPS) is 15.8. The molecular weight excluding hydrogens is 262 g/mol. The van der Waals surface area contributed by atoms with E-state index >= 15 is 0 Å². The fraction of sp³-hybridized carbons (Fsp3) is 0.444. The van der Waals surface area contributed by atoms with E-state index in [-0.39, 0.29) is 0 Å². The fourth-order valence-corrected chi connectivity index (χ4v) is 4.04. The highest BCUT2D eigenvalue weighted by atomic mass is 32.1. The molecule has 0 amide bonds. The highest BCUT2D eigenvalue weighted by Crippen LogP contribution is 2.40. The van der Waals surface area contributed by atoms with Crippen LogP contribution < -0.4 is 5.32 Å². The molecule has 2 rings (SSSR count). The van der Waals surface area contributed by atoms with Crippen LogP contribution in [0.3, 0.4) is 0 Å². The molecule has 0 bridgehead atoms. The van der Waals surface area contributed by atoms with Crippen molar-refractivity contribution >= 4 is 11.3 Å². The summed E-state index contributed by atoms with van der Waals surface area (Å²) < 4.78 is 0. The predicted octanol–water partition coefficient (Wildman–Crippen LogP) is 5.15. The first kappa shape index (κ1) is 15.3. The van der Waals surface area contributed by atoms with Gasteiger partial charge in [0.2, 0.25) is 0 Å². The van der Waals surface area contributed by atoms with Crippen molar-refractivity contribution in [2.45, 2.75) is 39.2 Å². The summed E-state index contributed by atoms with van der Waals surface area (Å²) in [5.41, 5.74) is 2.84. The maximum atomic E-state index is 3.57. The SMILES string of the molecule is CCC(C)C(c1ccccc1)C(NC)c1sccc1C. The summed E-state index contributed by atoms with van der Waals surface area (Å²) in [7, 11) is 2.09. The van der Waals surface area contributed by atoms with Gasteiger partial charge in [-0.25, -0.2) is 0 Å². The van der Waals surface area contributed by atoms with E-state index in [1.165, 1.54) is 22.4 Å². The van der Waals surface area contributed by atoms with Crippen LogP contribution in [0.1, 0.15) is 48.2 Å². The van der Waals surface area contributed by atoms with E-state index in [0.29, 0.717) is 17.9 Å². The molecule has 3 unspecified atom stereocenters. The maximum absolute atomic E-state index is 3.57. The third-order valence-corrected chi connectivity index (χ3v) is 5.40. The molecule has 1 heterocycles. The Morgan fingerprint density at radius 2 is 1.85 bits per heavy atom. The van der Waals surface area contributed by atoms with Crippen LogP contribution in [0.25, 0.3) is 0 Å². The van der Waals surface area contributed by atoms with Gasteiger partial charge in [0.1, 0.15) is 0 Å². The summed E-state index contributed by atoms with van der Waals surface area (Å²) in [6.45, 7) is 6.87. The van der Waals surface area contributed by atoms with Gasteiger partial charge in [-0.15, -0.1) is 11.3 Å². The monoisotopic (exact) mass is 287 g/mol. The van der Waals surface area contributed by atoms with Crippen molar-refractivity contribution in [2.75, 3.05) is 7.05 Å². The second kappa shape index (κ2) is 7.05. The van der Waals surface area contributed by atoms with E-state index in [1.807, 2.05) is 11.3 Å². The van der Waals surface area contributed by atoms with Crippen molar-refractivity contribution < 1.29 is 0 Å².